The predicted molar refractivity (Wildman–Crippen MR) is 74.3 cm³/mol. The van der Waals surface area contributed by atoms with Crippen molar-refractivity contribution in [3.63, 3.8) is 0 Å². The highest BCUT2D eigenvalue weighted by atomic mass is 16.6. The summed E-state index contributed by atoms with van der Waals surface area (Å²) in [6, 6.07) is 16.0. The number of hydrogen-bond acceptors (Lipinski definition) is 3. The van der Waals surface area contributed by atoms with Crippen LogP contribution < -0.4 is 4.74 Å². The van der Waals surface area contributed by atoms with Crippen LogP contribution in [-0.4, -0.2) is 12.0 Å². The van der Waals surface area contributed by atoms with Crippen LogP contribution in [0.4, 0.5) is 0 Å². The fourth-order valence-electron chi connectivity index (χ4n) is 1.71. The molecule has 0 aliphatic heterocycles. The molecule has 0 saturated heterocycles. The summed E-state index contributed by atoms with van der Waals surface area (Å²) in [6.07, 6.45) is 1.56. The number of ether oxygens (including phenoxy) is 1. The number of methoxy groups -OCH3 is 1. The van der Waals surface area contributed by atoms with E-state index < -0.39 is 0 Å². The van der Waals surface area contributed by atoms with Gasteiger partial charge in [-0.05, 0) is 29.8 Å². The lowest BCUT2D eigenvalue weighted by molar-refractivity contribution is -0.374. The molecule has 0 spiro atoms. The smallest absolute Gasteiger partial charge is 0.277 e. The van der Waals surface area contributed by atoms with Crippen LogP contribution in [0.15, 0.2) is 54.6 Å². The molecule has 0 unspecified atom stereocenters. The van der Waals surface area contributed by atoms with Crippen molar-refractivity contribution in [3.05, 3.63) is 75.8 Å². The molecule has 0 fully saturated rings. The van der Waals surface area contributed by atoms with Crippen LogP contribution in [0, 0.1) is 10.1 Å². The Kier molecular flexibility index (Phi) is 3.93. The van der Waals surface area contributed by atoms with Gasteiger partial charge >= 0.3 is 0 Å². The summed E-state index contributed by atoms with van der Waals surface area (Å²) in [5.41, 5.74) is 1.41. The number of benzene rings is 2. The largest absolute Gasteiger partial charge is 0.497 e. The average molecular weight is 255 g/mol. The first-order valence-corrected chi connectivity index (χ1v) is 5.76. The first kappa shape index (κ1) is 12.8. The minimum Gasteiger partial charge on any atom is -0.497 e. The molecule has 19 heavy (non-hydrogen) atoms. The lowest BCUT2D eigenvalue weighted by atomic mass is 10.1. The Morgan fingerprint density at radius 1 is 1.11 bits per heavy atom. The van der Waals surface area contributed by atoms with Crippen LogP contribution in [0.2, 0.25) is 0 Å². The van der Waals surface area contributed by atoms with Crippen LogP contribution in [0.3, 0.4) is 0 Å². The molecule has 4 nitrogen and oxygen atoms in total. The molecule has 2 rings (SSSR count). The van der Waals surface area contributed by atoms with Crippen molar-refractivity contribution in [3.8, 4) is 5.75 Å². The maximum Gasteiger partial charge on any atom is 0.277 e. The summed E-state index contributed by atoms with van der Waals surface area (Å²) in [5, 5.41) is 11.2. The highest BCUT2D eigenvalue weighted by Gasteiger charge is 2.13. The molecule has 2 aromatic rings. The van der Waals surface area contributed by atoms with Gasteiger partial charge in [-0.15, -0.1) is 0 Å². The van der Waals surface area contributed by atoms with Gasteiger partial charge in [-0.3, -0.25) is 10.1 Å². The molecule has 0 atom stereocenters. The summed E-state index contributed by atoms with van der Waals surface area (Å²) in [5.74, 6) is 0.672. The topological polar surface area (TPSA) is 52.4 Å². The molecule has 4 heteroatoms. The van der Waals surface area contributed by atoms with Gasteiger partial charge in [-0.1, -0.05) is 30.3 Å². The predicted octanol–water partition coefficient (Wildman–Crippen LogP) is 3.47. The lowest BCUT2D eigenvalue weighted by Crippen LogP contribution is -1.98. The fourth-order valence-corrected chi connectivity index (χ4v) is 1.71. The number of hydrogen-bond donors (Lipinski definition) is 0. The first-order valence-electron chi connectivity index (χ1n) is 5.76. The summed E-state index contributed by atoms with van der Waals surface area (Å²) in [4.78, 5) is 10.8. The van der Waals surface area contributed by atoms with E-state index in [-0.39, 0.29) is 10.6 Å². The zero-order valence-electron chi connectivity index (χ0n) is 10.4. The molecular formula is C15H13NO3. The van der Waals surface area contributed by atoms with E-state index in [0.717, 1.165) is 5.56 Å². The van der Waals surface area contributed by atoms with Gasteiger partial charge in [0.2, 0.25) is 0 Å². The van der Waals surface area contributed by atoms with Crippen molar-refractivity contribution in [2.24, 2.45) is 0 Å². The molecule has 0 amide bonds. The van der Waals surface area contributed by atoms with Gasteiger partial charge in [-0.2, -0.15) is 0 Å². The Hall–Kier alpha value is -2.62. The molecule has 0 bridgehead atoms. The number of nitrogens with zero attached hydrogens (tertiary/aromatic N) is 1. The van der Waals surface area contributed by atoms with Crippen LogP contribution in [0.1, 0.15) is 11.1 Å². The van der Waals surface area contributed by atoms with Crippen molar-refractivity contribution in [2.45, 2.75) is 0 Å². The maximum absolute atomic E-state index is 11.2. The van der Waals surface area contributed by atoms with E-state index in [9.17, 15) is 10.1 Å². The molecule has 0 radical (unpaired) electrons. The monoisotopic (exact) mass is 255 g/mol. The van der Waals surface area contributed by atoms with Crippen LogP contribution >= 0.6 is 0 Å². The third-order valence-corrected chi connectivity index (χ3v) is 2.69. The van der Waals surface area contributed by atoms with E-state index in [1.807, 2.05) is 30.3 Å². The summed E-state index contributed by atoms with van der Waals surface area (Å²) < 4.78 is 5.04. The third-order valence-electron chi connectivity index (χ3n) is 2.69. The van der Waals surface area contributed by atoms with E-state index in [2.05, 4.69) is 0 Å². The van der Waals surface area contributed by atoms with Crippen LogP contribution in [-0.2, 0) is 0 Å². The summed E-state index contributed by atoms with van der Waals surface area (Å²) >= 11 is 0. The average Bonchev–Trinajstić information content (AvgIpc) is 2.46. The second-order valence-corrected chi connectivity index (χ2v) is 3.93. The highest BCUT2D eigenvalue weighted by molar-refractivity contribution is 5.76. The van der Waals surface area contributed by atoms with Crippen molar-refractivity contribution in [1.29, 1.82) is 0 Å². The summed E-state index contributed by atoms with van der Waals surface area (Å²) in [6.45, 7) is 0. The Bertz CT molecular complexity index is 589. The van der Waals surface area contributed by atoms with E-state index in [0.29, 0.717) is 11.3 Å². The zero-order chi connectivity index (χ0) is 13.7. The van der Waals surface area contributed by atoms with E-state index in [1.165, 1.54) is 0 Å². The van der Waals surface area contributed by atoms with Crippen molar-refractivity contribution >= 4 is 11.8 Å². The molecule has 0 aliphatic carbocycles. The molecule has 0 saturated carbocycles. The van der Waals surface area contributed by atoms with Gasteiger partial charge in [0, 0.05) is 6.08 Å². The van der Waals surface area contributed by atoms with Gasteiger partial charge in [0.25, 0.3) is 5.70 Å². The van der Waals surface area contributed by atoms with Crippen molar-refractivity contribution in [2.75, 3.05) is 7.11 Å². The van der Waals surface area contributed by atoms with Crippen LogP contribution in [0.25, 0.3) is 11.8 Å². The number of rotatable bonds is 4. The second-order valence-electron chi connectivity index (χ2n) is 3.93. The molecule has 0 aliphatic rings. The Morgan fingerprint density at radius 2 is 1.74 bits per heavy atom. The minimum absolute atomic E-state index is 0.0638. The quantitative estimate of drug-likeness (QED) is 0.477. The van der Waals surface area contributed by atoms with E-state index in [4.69, 9.17) is 4.74 Å². The number of nitro groups is 1. The molecule has 96 valence electrons. The van der Waals surface area contributed by atoms with E-state index in [1.54, 1.807) is 37.5 Å². The van der Waals surface area contributed by atoms with Crippen molar-refractivity contribution in [1.82, 2.24) is 0 Å². The molecule has 2 aromatic carbocycles. The SMILES string of the molecule is COc1ccc(/C(=C\c2ccccc2)[N+](=O)[O-])cc1. The fraction of sp³-hybridized carbons (Fsp3) is 0.0667. The van der Waals surface area contributed by atoms with Gasteiger partial charge in [-0.25, -0.2) is 0 Å². The third kappa shape index (κ3) is 3.19. The maximum atomic E-state index is 11.2. The normalized spacial score (nSPS) is 11.1. The standard InChI is InChI=1S/C15H13NO3/c1-19-14-9-7-13(8-10-14)15(16(17)18)11-12-5-3-2-4-6-12/h2-11H,1H3/b15-11+. The highest BCUT2D eigenvalue weighted by Crippen LogP contribution is 2.21. The Labute approximate surface area is 111 Å². The summed E-state index contributed by atoms with van der Waals surface area (Å²) in [7, 11) is 1.56. The molecule has 0 heterocycles. The molecular weight excluding hydrogens is 242 g/mol. The van der Waals surface area contributed by atoms with Gasteiger partial charge in [0.1, 0.15) is 5.75 Å². The molecule has 0 aromatic heterocycles. The van der Waals surface area contributed by atoms with Gasteiger partial charge < -0.3 is 4.74 Å². The second kappa shape index (κ2) is 5.82. The van der Waals surface area contributed by atoms with Crippen LogP contribution in [0.5, 0.6) is 5.75 Å². The first-order chi connectivity index (χ1) is 9.20. The van der Waals surface area contributed by atoms with E-state index >= 15 is 0 Å². The lowest BCUT2D eigenvalue weighted by Gasteiger charge is -2.02. The molecule has 0 N–H and O–H groups in total. The van der Waals surface area contributed by atoms with Gasteiger partial charge in [0.05, 0.1) is 17.6 Å². The van der Waals surface area contributed by atoms with Crippen molar-refractivity contribution < 1.29 is 9.66 Å². The minimum atomic E-state index is -0.380. The van der Waals surface area contributed by atoms with Gasteiger partial charge in [0.15, 0.2) is 0 Å². The Balaban J connectivity index is 2.40. The Morgan fingerprint density at radius 3 is 2.26 bits per heavy atom. The zero-order valence-corrected chi connectivity index (χ0v) is 10.4.